The SMILES string of the molecule is Cc1ccc(NC(=O)N2CC[C@@H](CC(F)(F)F)C2)cc1-c1cc(C(=O)N(C)C)nc(N2CCOCC2)c1. The number of urea groups is 1. The first-order chi connectivity index (χ1) is 17.5. The fourth-order valence-electron chi connectivity index (χ4n) is 4.69. The summed E-state index contributed by atoms with van der Waals surface area (Å²) in [6.45, 7) is 4.76. The van der Waals surface area contributed by atoms with Gasteiger partial charge in [0.15, 0.2) is 0 Å². The van der Waals surface area contributed by atoms with E-state index in [-0.39, 0.29) is 19.0 Å². The molecular formula is C26H32F3N5O3. The Hall–Kier alpha value is -3.34. The largest absolute Gasteiger partial charge is 0.389 e. The third-order valence-electron chi connectivity index (χ3n) is 6.67. The highest BCUT2D eigenvalue weighted by Crippen LogP contribution is 2.32. The maximum Gasteiger partial charge on any atom is 0.389 e. The molecule has 1 aromatic carbocycles. The van der Waals surface area contributed by atoms with Gasteiger partial charge < -0.3 is 24.8 Å². The van der Waals surface area contributed by atoms with Gasteiger partial charge in [-0.3, -0.25) is 4.79 Å². The Labute approximate surface area is 214 Å². The van der Waals surface area contributed by atoms with Crippen LogP contribution in [0.1, 0.15) is 28.9 Å². The van der Waals surface area contributed by atoms with Gasteiger partial charge in [0.25, 0.3) is 5.91 Å². The van der Waals surface area contributed by atoms with E-state index in [0.717, 1.165) is 16.7 Å². The van der Waals surface area contributed by atoms with E-state index in [9.17, 15) is 22.8 Å². The lowest BCUT2D eigenvalue weighted by atomic mass is 9.99. The van der Waals surface area contributed by atoms with Crippen molar-refractivity contribution in [3.8, 4) is 11.1 Å². The number of morpholine rings is 1. The van der Waals surface area contributed by atoms with Crippen molar-refractivity contribution in [3.63, 3.8) is 0 Å². The van der Waals surface area contributed by atoms with Crippen molar-refractivity contribution in [2.24, 2.45) is 5.92 Å². The Morgan fingerprint density at radius 2 is 1.86 bits per heavy atom. The van der Waals surface area contributed by atoms with E-state index in [1.54, 1.807) is 26.2 Å². The average molecular weight is 520 g/mol. The Morgan fingerprint density at radius 3 is 2.54 bits per heavy atom. The number of benzene rings is 1. The van der Waals surface area contributed by atoms with Crippen LogP contribution in [0, 0.1) is 12.8 Å². The van der Waals surface area contributed by atoms with Gasteiger partial charge in [-0.05, 0) is 60.2 Å². The predicted octanol–water partition coefficient (Wildman–Crippen LogP) is 4.40. The van der Waals surface area contributed by atoms with Crippen LogP contribution in [0.2, 0.25) is 0 Å². The minimum atomic E-state index is -4.24. The molecule has 11 heteroatoms. The van der Waals surface area contributed by atoms with Crippen LogP contribution in [-0.4, -0.2) is 86.4 Å². The number of carbonyl (C=O) groups is 2. The first kappa shape index (κ1) is 26.7. The quantitative estimate of drug-likeness (QED) is 0.634. The Bertz CT molecular complexity index is 1150. The molecule has 37 heavy (non-hydrogen) atoms. The molecule has 2 saturated heterocycles. The molecule has 4 rings (SSSR count). The molecule has 1 atom stereocenters. The van der Waals surface area contributed by atoms with E-state index < -0.39 is 24.5 Å². The van der Waals surface area contributed by atoms with Gasteiger partial charge in [0, 0.05) is 52.4 Å². The first-order valence-electron chi connectivity index (χ1n) is 12.3. The van der Waals surface area contributed by atoms with Gasteiger partial charge in [-0.15, -0.1) is 0 Å². The highest BCUT2D eigenvalue weighted by molar-refractivity contribution is 5.95. The number of anilines is 2. The molecule has 0 saturated carbocycles. The van der Waals surface area contributed by atoms with Crippen LogP contribution in [0.5, 0.6) is 0 Å². The van der Waals surface area contributed by atoms with E-state index >= 15 is 0 Å². The first-order valence-corrected chi connectivity index (χ1v) is 12.3. The smallest absolute Gasteiger partial charge is 0.378 e. The summed E-state index contributed by atoms with van der Waals surface area (Å²) in [5, 5.41) is 2.83. The third kappa shape index (κ3) is 6.71. The van der Waals surface area contributed by atoms with Crippen LogP contribution in [0.4, 0.5) is 29.5 Å². The molecular weight excluding hydrogens is 487 g/mol. The maximum atomic E-state index is 12.8. The number of pyridine rings is 1. The van der Waals surface area contributed by atoms with Crippen molar-refractivity contribution in [1.29, 1.82) is 0 Å². The minimum Gasteiger partial charge on any atom is -0.378 e. The van der Waals surface area contributed by atoms with E-state index in [1.165, 1.54) is 9.80 Å². The molecule has 0 aliphatic carbocycles. The molecule has 1 aromatic heterocycles. The minimum absolute atomic E-state index is 0.0767. The average Bonchev–Trinajstić information content (AvgIpc) is 3.32. The lowest BCUT2D eigenvalue weighted by Crippen LogP contribution is -2.37. The van der Waals surface area contributed by atoms with Gasteiger partial charge in [0.05, 0.1) is 13.2 Å². The molecule has 200 valence electrons. The lowest BCUT2D eigenvalue weighted by Gasteiger charge is -2.28. The molecule has 2 aliphatic rings. The fraction of sp³-hybridized carbons (Fsp3) is 0.500. The topological polar surface area (TPSA) is 78.0 Å². The monoisotopic (exact) mass is 519 g/mol. The lowest BCUT2D eigenvalue weighted by molar-refractivity contribution is -0.143. The number of aromatic nitrogens is 1. The zero-order chi connectivity index (χ0) is 26.7. The van der Waals surface area contributed by atoms with Crippen molar-refractivity contribution in [1.82, 2.24) is 14.8 Å². The molecule has 0 bridgehead atoms. The van der Waals surface area contributed by atoms with Gasteiger partial charge >= 0.3 is 12.2 Å². The third-order valence-corrected chi connectivity index (χ3v) is 6.67. The van der Waals surface area contributed by atoms with Crippen molar-refractivity contribution in [2.75, 3.05) is 63.7 Å². The number of nitrogens with zero attached hydrogens (tertiary/aromatic N) is 4. The van der Waals surface area contributed by atoms with Gasteiger partial charge in [-0.2, -0.15) is 13.2 Å². The van der Waals surface area contributed by atoms with Gasteiger partial charge in [0.1, 0.15) is 11.5 Å². The number of ether oxygens (including phenoxy) is 1. The number of nitrogens with one attached hydrogen (secondary N) is 1. The summed E-state index contributed by atoms with van der Waals surface area (Å²) >= 11 is 0. The van der Waals surface area contributed by atoms with E-state index in [4.69, 9.17) is 4.74 Å². The summed E-state index contributed by atoms with van der Waals surface area (Å²) in [5.41, 5.74) is 3.37. The molecule has 1 N–H and O–H groups in total. The Balaban J connectivity index is 1.58. The number of rotatable bonds is 5. The van der Waals surface area contributed by atoms with E-state index in [0.29, 0.717) is 49.9 Å². The molecule has 3 amide bonds. The summed E-state index contributed by atoms with van der Waals surface area (Å²) < 4.78 is 43.7. The van der Waals surface area contributed by atoms with Crippen LogP contribution < -0.4 is 10.2 Å². The van der Waals surface area contributed by atoms with Crippen molar-refractivity contribution in [2.45, 2.75) is 25.9 Å². The maximum absolute atomic E-state index is 12.8. The molecule has 0 radical (unpaired) electrons. The second kappa shape index (κ2) is 11.0. The highest BCUT2D eigenvalue weighted by Gasteiger charge is 2.36. The van der Waals surface area contributed by atoms with E-state index in [1.807, 2.05) is 25.1 Å². The molecule has 3 heterocycles. The molecule has 0 spiro atoms. The number of alkyl halides is 3. The van der Waals surface area contributed by atoms with Gasteiger partial charge in [0.2, 0.25) is 0 Å². The number of aryl methyl sites for hydroxylation is 1. The van der Waals surface area contributed by atoms with Crippen LogP contribution in [0.3, 0.4) is 0 Å². The van der Waals surface area contributed by atoms with Crippen molar-refractivity contribution < 1.29 is 27.5 Å². The highest BCUT2D eigenvalue weighted by atomic mass is 19.4. The summed E-state index contributed by atoms with van der Waals surface area (Å²) in [4.78, 5) is 35.2. The fourth-order valence-corrected chi connectivity index (χ4v) is 4.69. The zero-order valence-electron chi connectivity index (χ0n) is 21.3. The number of amides is 3. The molecule has 0 unspecified atom stereocenters. The van der Waals surface area contributed by atoms with Gasteiger partial charge in [-0.1, -0.05) is 6.07 Å². The second-order valence-electron chi connectivity index (χ2n) is 9.78. The number of carbonyl (C=O) groups excluding carboxylic acids is 2. The van der Waals surface area contributed by atoms with E-state index in [2.05, 4.69) is 15.2 Å². The molecule has 2 aromatic rings. The normalized spacial score (nSPS) is 18.2. The molecule has 2 fully saturated rings. The number of halogens is 3. The Kier molecular flexibility index (Phi) is 7.91. The number of hydrogen-bond donors (Lipinski definition) is 1. The van der Waals surface area contributed by atoms with Crippen LogP contribution >= 0.6 is 0 Å². The molecule has 8 nitrogen and oxygen atoms in total. The van der Waals surface area contributed by atoms with Crippen molar-refractivity contribution in [3.05, 3.63) is 41.6 Å². The summed E-state index contributed by atoms with van der Waals surface area (Å²) in [6, 6.07) is 8.68. The summed E-state index contributed by atoms with van der Waals surface area (Å²) in [6.07, 6.45) is -4.79. The Morgan fingerprint density at radius 1 is 1.14 bits per heavy atom. The standard InChI is InChI=1S/C26H32F3N5O3/c1-17-4-5-20(30-25(36)34-7-6-18(16-34)15-26(27,28)29)14-21(17)19-12-22(24(35)32(2)3)31-23(13-19)33-8-10-37-11-9-33/h4-5,12-14,18H,6-11,15-16H2,1-3H3,(H,30,36)/t18-/m0/s1. The number of hydrogen-bond acceptors (Lipinski definition) is 5. The van der Waals surface area contributed by atoms with Crippen molar-refractivity contribution >= 4 is 23.4 Å². The second-order valence-corrected chi connectivity index (χ2v) is 9.78. The van der Waals surface area contributed by atoms with Crippen LogP contribution in [0.25, 0.3) is 11.1 Å². The summed E-state index contributed by atoms with van der Waals surface area (Å²) in [7, 11) is 3.34. The predicted molar refractivity (Wildman–Crippen MR) is 135 cm³/mol. The van der Waals surface area contributed by atoms with Crippen LogP contribution in [0.15, 0.2) is 30.3 Å². The zero-order valence-corrected chi connectivity index (χ0v) is 21.3. The number of likely N-dealkylation sites (tertiary alicyclic amines) is 1. The van der Waals surface area contributed by atoms with Crippen LogP contribution in [-0.2, 0) is 4.74 Å². The molecule has 2 aliphatic heterocycles. The van der Waals surface area contributed by atoms with Gasteiger partial charge in [-0.25, -0.2) is 9.78 Å². The summed E-state index contributed by atoms with van der Waals surface area (Å²) in [5.74, 6) is -0.129.